The third-order valence-electron chi connectivity index (χ3n) is 6.53. The Bertz CT molecular complexity index is 2110. The molecule has 0 saturated heterocycles. The standard InChI is InChI=1S/C14H10FN3O3.C8H6BrN3O2.C6H6BFO3/c1-17-12-5-3-9(18(20)21)7-10(12)14(16-17)8-2-4-11(15)13(19)6-8;1-11-7-3-2-5(12(13)14)4-6(7)8(9)10-11;8-5-2-1-4(7(10)11)3-6(5)9/h2-7,19H,1H3;2-4H,1H3;1-3,9-11H. The third kappa shape index (κ3) is 7.25. The quantitative estimate of drug-likeness (QED) is 0.116. The number of benzene rings is 4. The van der Waals surface area contributed by atoms with E-state index in [2.05, 4.69) is 26.1 Å². The molecule has 4 N–H and O–H groups in total. The highest BCUT2D eigenvalue weighted by Crippen LogP contribution is 2.32. The minimum Gasteiger partial charge on any atom is -0.505 e. The van der Waals surface area contributed by atoms with E-state index in [9.17, 15) is 34.1 Å². The van der Waals surface area contributed by atoms with E-state index in [1.807, 2.05) is 0 Å². The van der Waals surface area contributed by atoms with Crippen LogP contribution >= 0.6 is 15.9 Å². The number of non-ortho nitro benzene ring substituents is 2. The Morgan fingerprint density at radius 1 is 0.739 bits per heavy atom. The first kappa shape index (κ1) is 33.4. The highest BCUT2D eigenvalue weighted by atomic mass is 79.9. The number of phenols is 2. The van der Waals surface area contributed by atoms with Gasteiger partial charge in [-0.25, -0.2) is 8.78 Å². The van der Waals surface area contributed by atoms with Crippen LogP contribution in [0.25, 0.3) is 33.1 Å². The molecular formula is C28H22BBrF2N6O8. The number of aromatic hydroxyl groups is 2. The van der Waals surface area contributed by atoms with Gasteiger partial charge >= 0.3 is 7.12 Å². The Hall–Kier alpha value is -5.46. The normalized spacial score (nSPS) is 10.6. The summed E-state index contributed by atoms with van der Waals surface area (Å²) >= 11 is 3.25. The summed E-state index contributed by atoms with van der Waals surface area (Å²) in [6.07, 6.45) is 0. The van der Waals surface area contributed by atoms with Crippen LogP contribution in [0.15, 0.2) is 77.4 Å². The molecule has 0 spiro atoms. The van der Waals surface area contributed by atoms with Crippen molar-refractivity contribution in [2.75, 3.05) is 0 Å². The lowest BCUT2D eigenvalue weighted by Gasteiger charge is -2.00. The SMILES string of the molecule is Cn1nc(-c2ccc(F)c(O)c2)c2cc([N+](=O)[O-])ccc21.Cn1nc(Br)c2cc([N+](=O)[O-])ccc21.OB(O)c1ccc(F)c(O)c1. The molecule has 236 valence electrons. The molecule has 14 nitrogen and oxygen atoms in total. The molecule has 0 aliphatic heterocycles. The maximum Gasteiger partial charge on any atom is 0.488 e. The Morgan fingerprint density at radius 2 is 1.24 bits per heavy atom. The van der Waals surface area contributed by atoms with Gasteiger partial charge in [0.2, 0.25) is 0 Å². The highest BCUT2D eigenvalue weighted by molar-refractivity contribution is 9.10. The maximum absolute atomic E-state index is 13.1. The van der Waals surface area contributed by atoms with Gasteiger partial charge in [0.05, 0.1) is 20.9 Å². The predicted molar refractivity (Wildman–Crippen MR) is 167 cm³/mol. The van der Waals surface area contributed by atoms with Crippen LogP contribution in [0.2, 0.25) is 0 Å². The molecule has 0 saturated carbocycles. The van der Waals surface area contributed by atoms with Crippen LogP contribution in [0.3, 0.4) is 0 Å². The third-order valence-corrected chi connectivity index (χ3v) is 7.12. The summed E-state index contributed by atoms with van der Waals surface area (Å²) in [7, 11) is 1.82. The lowest BCUT2D eigenvalue weighted by Crippen LogP contribution is -2.29. The summed E-state index contributed by atoms with van der Waals surface area (Å²) in [6, 6.07) is 16.0. The van der Waals surface area contributed by atoms with E-state index in [4.69, 9.17) is 15.2 Å². The van der Waals surface area contributed by atoms with Gasteiger partial charge in [-0.05, 0) is 63.9 Å². The molecule has 2 aromatic heterocycles. The topological polar surface area (TPSA) is 203 Å². The van der Waals surface area contributed by atoms with Gasteiger partial charge in [-0.1, -0.05) is 6.07 Å². The summed E-state index contributed by atoms with van der Waals surface area (Å²) in [4.78, 5) is 20.5. The number of nitro benzene ring substituents is 2. The van der Waals surface area contributed by atoms with Crippen LogP contribution in [-0.2, 0) is 14.1 Å². The van der Waals surface area contributed by atoms with Crippen molar-refractivity contribution < 1.29 is 38.9 Å². The molecule has 4 aromatic carbocycles. The molecular weight excluding hydrogens is 677 g/mol. The summed E-state index contributed by atoms with van der Waals surface area (Å²) in [5, 5.41) is 66.5. The fourth-order valence-electron chi connectivity index (χ4n) is 4.26. The van der Waals surface area contributed by atoms with E-state index < -0.39 is 40.1 Å². The molecule has 0 bridgehead atoms. The van der Waals surface area contributed by atoms with Gasteiger partial charge in [0.15, 0.2) is 23.1 Å². The zero-order chi connectivity index (χ0) is 33.9. The van der Waals surface area contributed by atoms with Crippen molar-refractivity contribution >= 4 is 61.7 Å². The summed E-state index contributed by atoms with van der Waals surface area (Å²) in [5.74, 6) is -2.59. The van der Waals surface area contributed by atoms with Crippen molar-refractivity contribution in [1.29, 1.82) is 0 Å². The molecule has 0 fully saturated rings. The van der Waals surface area contributed by atoms with E-state index in [1.54, 1.807) is 35.6 Å². The van der Waals surface area contributed by atoms with Crippen molar-refractivity contribution in [3.63, 3.8) is 0 Å². The average molecular weight is 699 g/mol. The van der Waals surface area contributed by atoms with Gasteiger partial charge in [0, 0.05) is 54.7 Å². The smallest absolute Gasteiger partial charge is 0.488 e. The van der Waals surface area contributed by atoms with Gasteiger partial charge in [-0.2, -0.15) is 10.2 Å². The fourth-order valence-corrected chi connectivity index (χ4v) is 4.81. The Morgan fingerprint density at radius 3 is 1.76 bits per heavy atom. The number of hydrogen-bond acceptors (Lipinski definition) is 10. The Labute approximate surface area is 265 Å². The number of rotatable bonds is 4. The molecule has 18 heteroatoms. The number of nitrogens with zero attached hydrogens (tertiary/aromatic N) is 6. The van der Waals surface area contributed by atoms with Crippen LogP contribution < -0.4 is 5.46 Å². The number of halogens is 3. The first-order valence-corrected chi connectivity index (χ1v) is 13.7. The van der Waals surface area contributed by atoms with Crippen molar-refractivity contribution in [3.05, 3.63) is 109 Å². The van der Waals surface area contributed by atoms with Gasteiger partial charge < -0.3 is 20.3 Å². The monoisotopic (exact) mass is 698 g/mol. The van der Waals surface area contributed by atoms with Crippen molar-refractivity contribution in [2.24, 2.45) is 14.1 Å². The predicted octanol–water partition coefficient (Wildman–Crippen LogP) is 4.45. The van der Waals surface area contributed by atoms with Crippen LogP contribution in [0.4, 0.5) is 20.2 Å². The lowest BCUT2D eigenvalue weighted by atomic mass is 9.80. The number of fused-ring (bicyclic) bond motifs is 2. The van der Waals surface area contributed by atoms with Crippen LogP contribution in [0.1, 0.15) is 0 Å². The van der Waals surface area contributed by atoms with Crippen LogP contribution in [0, 0.1) is 31.9 Å². The zero-order valence-corrected chi connectivity index (χ0v) is 25.3. The highest BCUT2D eigenvalue weighted by Gasteiger charge is 2.17. The van der Waals surface area contributed by atoms with E-state index >= 15 is 0 Å². The van der Waals surface area contributed by atoms with Crippen LogP contribution in [0.5, 0.6) is 11.5 Å². The molecule has 0 aliphatic rings. The minimum absolute atomic E-state index is 0.0527. The van der Waals surface area contributed by atoms with E-state index in [0.717, 1.165) is 29.1 Å². The molecule has 6 rings (SSSR count). The molecule has 46 heavy (non-hydrogen) atoms. The second-order valence-electron chi connectivity index (χ2n) is 9.55. The number of aromatic nitrogens is 4. The maximum atomic E-state index is 13.1. The van der Waals surface area contributed by atoms with Crippen molar-refractivity contribution in [2.45, 2.75) is 0 Å². The first-order chi connectivity index (χ1) is 21.7. The second-order valence-corrected chi connectivity index (χ2v) is 10.3. The average Bonchev–Trinajstić information content (AvgIpc) is 3.50. The molecule has 0 atom stereocenters. The number of nitro groups is 2. The van der Waals surface area contributed by atoms with E-state index in [0.29, 0.717) is 26.8 Å². The minimum atomic E-state index is -1.68. The van der Waals surface area contributed by atoms with Gasteiger partial charge in [-0.3, -0.25) is 29.6 Å². The first-order valence-electron chi connectivity index (χ1n) is 12.9. The molecule has 0 radical (unpaired) electrons. The summed E-state index contributed by atoms with van der Waals surface area (Å²) < 4.78 is 29.4. The largest absolute Gasteiger partial charge is 0.505 e. The Kier molecular flexibility index (Phi) is 9.94. The Balaban J connectivity index is 0.000000167. The number of phenolic OH excluding ortho intramolecular Hbond substituents is 2. The van der Waals surface area contributed by atoms with Gasteiger partial charge in [0.25, 0.3) is 11.4 Å². The molecule has 0 amide bonds. The van der Waals surface area contributed by atoms with Gasteiger partial charge in [0.1, 0.15) is 10.3 Å². The molecule has 2 heterocycles. The molecule has 6 aromatic rings. The summed E-state index contributed by atoms with van der Waals surface area (Å²) in [5.41, 5.74) is 2.59. The second kappa shape index (κ2) is 13.7. The van der Waals surface area contributed by atoms with Crippen molar-refractivity contribution in [1.82, 2.24) is 19.6 Å². The number of hydrogen-bond donors (Lipinski definition) is 4. The van der Waals surface area contributed by atoms with E-state index in [1.165, 1.54) is 42.5 Å². The summed E-state index contributed by atoms with van der Waals surface area (Å²) in [6.45, 7) is 0. The zero-order valence-electron chi connectivity index (χ0n) is 23.7. The van der Waals surface area contributed by atoms with Crippen LogP contribution in [-0.4, -0.2) is 56.8 Å². The van der Waals surface area contributed by atoms with Gasteiger partial charge in [-0.15, -0.1) is 0 Å². The number of aryl methyl sites for hydroxylation is 2. The van der Waals surface area contributed by atoms with E-state index in [-0.39, 0.29) is 16.8 Å². The van der Waals surface area contributed by atoms with Crippen molar-refractivity contribution in [3.8, 4) is 22.8 Å². The molecule has 0 aliphatic carbocycles. The lowest BCUT2D eigenvalue weighted by molar-refractivity contribution is -0.384. The molecule has 0 unspecified atom stereocenters. The fraction of sp³-hybridized carbons (Fsp3) is 0.0714.